The molecule has 136 valence electrons. The third kappa shape index (κ3) is 3.65. The highest BCUT2D eigenvalue weighted by atomic mass is 35.5. The van der Waals surface area contributed by atoms with E-state index < -0.39 is 31.5 Å². The zero-order valence-electron chi connectivity index (χ0n) is 12.7. The minimum Gasteiger partial charge on any atom is -0.411 e. The molecule has 0 bridgehead atoms. The van der Waals surface area contributed by atoms with Crippen molar-refractivity contribution >= 4 is 33.1 Å². The zero-order valence-corrected chi connectivity index (χ0v) is 14.2. The molecule has 0 saturated heterocycles. The third-order valence-electron chi connectivity index (χ3n) is 3.33. The fourth-order valence-electron chi connectivity index (χ4n) is 2.09. The molecule has 0 atom stereocenters. The van der Waals surface area contributed by atoms with Crippen LogP contribution in [0, 0.1) is 0 Å². The topological polar surface area (TPSA) is 85.1 Å². The van der Waals surface area contributed by atoms with Crippen molar-refractivity contribution < 1.29 is 26.0 Å². The molecule has 11 heteroatoms. The molecule has 0 aliphatic heterocycles. The number of sulfone groups is 1. The van der Waals surface area contributed by atoms with Gasteiger partial charge >= 0.3 is 12.2 Å². The standard InChI is InChI=1S/C15H9ClF3N3O3S/c16-13-6-5-11(7-12(13)15(17,18)19)26(23,24)10-3-1-9(2-4-10)21-14-22-20-8-25-14/h1-8H,(H,21,22). The molecule has 0 aliphatic carbocycles. The molecule has 6 nitrogen and oxygen atoms in total. The lowest BCUT2D eigenvalue weighted by Gasteiger charge is -2.12. The van der Waals surface area contributed by atoms with E-state index in [-0.39, 0.29) is 10.9 Å². The summed E-state index contributed by atoms with van der Waals surface area (Å²) in [6.45, 7) is 0. The van der Waals surface area contributed by atoms with Gasteiger partial charge in [-0.15, -0.1) is 5.10 Å². The quantitative estimate of drug-likeness (QED) is 0.698. The Morgan fingerprint density at radius 1 is 1.04 bits per heavy atom. The molecule has 0 fully saturated rings. The van der Waals surface area contributed by atoms with Gasteiger partial charge in [0.15, 0.2) is 0 Å². The monoisotopic (exact) mass is 403 g/mol. The van der Waals surface area contributed by atoms with Crippen LogP contribution in [0.5, 0.6) is 0 Å². The van der Waals surface area contributed by atoms with Gasteiger partial charge in [-0.25, -0.2) is 8.42 Å². The molecule has 1 heterocycles. The van der Waals surface area contributed by atoms with Crippen LogP contribution in [0.1, 0.15) is 5.56 Å². The van der Waals surface area contributed by atoms with Crippen molar-refractivity contribution in [3.8, 4) is 0 Å². The molecule has 26 heavy (non-hydrogen) atoms. The molecule has 0 aliphatic rings. The summed E-state index contributed by atoms with van der Waals surface area (Å²) in [5.74, 6) is 0. The number of alkyl halides is 3. The Morgan fingerprint density at radius 2 is 1.69 bits per heavy atom. The maximum absolute atomic E-state index is 12.9. The van der Waals surface area contributed by atoms with E-state index in [1.807, 2.05) is 0 Å². The minimum atomic E-state index is -4.76. The lowest BCUT2D eigenvalue weighted by atomic mass is 10.2. The third-order valence-corrected chi connectivity index (χ3v) is 5.43. The first-order chi connectivity index (χ1) is 12.2. The first kappa shape index (κ1) is 18.2. The minimum absolute atomic E-state index is 0.105. The molecule has 0 saturated carbocycles. The van der Waals surface area contributed by atoms with Crippen LogP contribution >= 0.6 is 11.6 Å². The molecule has 1 aromatic heterocycles. The smallest absolute Gasteiger partial charge is 0.411 e. The number of hydrogen-bond donors (Lipinski definition) is 1. The molecule has 2 aromatic carbocycles. The van der Waals surface area contributed by atoms with Gasteiger partial charge in [0, 0.05) is 5.69 Å². The Morgan fingerprint density at radius 3 is 2.27 bits per heavy atom. The molecule has 0 spiro atoms. The number of hydrogen-bond acceptors (Lipinski definition) is 6. The first-order valence-corrected chi connectivity index (χ1v) is 8.79. The Balaban J connectivity index is 1.93. The number of nitrogens with one attached hydrogen (secondary N) is 1. The van der Waals surface area contributed by atoms with E-state index in [2.05, 4.69) is 15.5 Å². The number of anilines is 2. The van der Waals surface area contributed by atoms with Gasteiger partial charge in [-0.05, 0) is 42.5 Å². The average Bonchev–Trinajstić information content (AvgIpc) is 3.07. The summed E-state index contributed by atoms with van der Waals surface area (Å²) in [6.07, 6.45) is -3.65. The Kier molecular flexibility index (Phi) is 4.63. The highest BCUT2D eigenvalue weighted by Gasteiger charge is 2.34. The summed E-state index contributed by atoms with van der Waals surface area (Å²) < 4.78 is 68.9. The van der Waals surface area contributed by atoms with Gasteiger partial charge in [-0.3, -0.25) is 0 Å². The number of benzene rings is 2. The van der Waals surface area contributed by atoms with Crippen LogP contribution in [0.15, 0.2) is 63.1 Å². The molecule has 1 N–H and O–H groups in total. The van der Waals surface area contributed by atoms with Gasteiger partial charge in [-0.2, -0.15) is 13.2 Å². The van der Waals surface area contributed by atoms with E-state index in [0.29, 0.717) is 11.8 Å². The van der Waals surface area contributed by atoms with Gasteiger partial charge in [0.2, 0.25) is 16.2 Å². The van der Waals surface area contributed by atoms with E-state index in [4.69, 9.17) is 16.0 Å². The molecule has 0 amide bonds. The molecular formula is C15H9ClF3N3O3S. The molecule has 0 radical (unpaired) electrons. The molecule has 3 rings (SSSR count). The van der Waals surface area contributed by atoms with Gasteiger partial charge < -0.3 is 9.73 Å². The summed E-state index contributed by atoms with van der Waals surface area (Å²) in [5, 5.41) is 9.24. The van der Waals surface area contributed by atoms with Crippen LogP contribution in [0.2, 0.25) is 5.02 Å². The van der Waals surface area contributed by atoms with Gasteiger partial charge in [0.1, 0.15) is 0 Å². The Bertz CT molecular complexity index is 1020. The summed E-state index contributed by atoms with van der Waals surface area (Å²) in [4.78, 5) is -0.684. The van der Waals surface area contributed by atoms with E-state index in [0.717, 1.165) is 18.5 Å². The number of nitrogens with zero attached hydrogens (tertiary/aromatic N) is 2. The average molecular weight is 404 g/mol. The molecule has 0 unspecified atom stereocenters. The summed E-state index contributed by atoms with van der Waals surface area (Å²) >= 11 is 5.52. The highest BCUT2D eigenvalue weighted by Crippen LogP contribution is 2.37. The van der Waals surface area contributed by atoms with E-state index in [9.17, 15) is 21.6 Å². The van der Waals surface area contributed by atoms with Crippen molar-refractivity contribution in [2.45, 2.75) is 16.0 Å². The Labute approximate surface area is 150 Å². The number of aromatic nitrogens is 2. The van der Waals surface area contributed by atoms with Crippen molar-refractivity contribution in [1.29, 1.82) is 0 Å². The predicted octanol–water partition coefficient (Wildman–Crippen LogP) is 4.32. The highest BCUT2D eigenvalue weighted by molar-refractivity contribution is 7.91. The van der Waals surface area contributed by atoms with Crippen LogP contribution in [-0.2, 0) is 16.0 Å². The summed E-state index contributed by atoms with van der Waals surface area (Å²) in [6, 6.07) is 7.87. The Hall–Kier alpha value is -2.59. The van der Waals surface area contributed by atoms with Crippen molar-refractivity contribution in [2.24, 2.45) is 0 Å². The van der Waals surface area contributed by atoms with E-state index >= 15 is 0 Å². The van der Waals surface area contributed by atoms with Crippen LogP contribution in [0.25, 0.3) is 0 Å². The van der Waals surface area contributed by atoms with Crippen LogP contribution in [0.4, 0.5) is 24.9 Å². The SMILES string of the molecule is O=S(=O)(c1ccc(Nc2nnco2)cc1)c1ccc(Cl)c(C(F)(F)F)c1. The second-order valence-corrected chi connectivity index (χ2v) is 7.39. The lowest BCUT2D eigenvalue weighted by Crippen LogP contribution is -2.09. The summed E-state index contributed by atoms with van der Waals surface area (Å²) in [5.41, 5.74) is -0.754. The zero-order chi connectivity index (χ0) is 18.9. The largest absolute Gasteiger partial charge is 0.417 e. The fourth-order valence-corrected chi connectivity index (χ4v) is 3.60. The second kappa shape index (κ2) is 6.61. The number of halogens is 4. The maximum Gasteiger partial charge on any atom is 0.417 e. The number of rotatable bonds is 4. The van der Waals surface area contributed by atoms with Gasteiger partial charge in [0.25, 0.3) is 0 Å². The first-order valence-electron chi connectivity index (χ1n) is 6.93. The normalized spacial score (nSPS) is 12.2. The fraction of sp³-hybridized carbons (Fsp3) is 0.0667. The van der Waals surface area contributed by atoms with Gasteiger partial charge in [-0.1, -0.05) is 16.7 Å². The van der Waals surface area contributed by atoms with Crippen molar-refractivity contribution in [2.75, 3.05) is 5.32 Å². The molecular weight excluding hydrogens is 395 g/mol. The van der Waals surface area contributed by atoms with E-state index in [1.165, 1.54) is 24.3 Å². The van der Waals surface area contributed by atoms with E-state index in [1.54, 1.807) is 0 Å². The molecule has 3 aromatic rings. The summed E-state index contributed by atoms with van der Waals surface area (Å²) in [7, 11) is -4.16. The lowest BCUT2D eigenvalue weighted by molar-refractivity contribution is -0.137. The maximum atomic E-state index is 12.9. The van der Waals surface area contributed by atoms with Gasteiger partial charge in [0.05, 0.1) is 20.4 Å². The predicted molar refractivity (Wildman–Crippen MR) is 85.9 cm³/mol. The van der Waals surface area contributed by atoms with Crippen molar-refractivity contribution in [3.63, 3.8) is 0 Å². The van der Waals surface area contributed by atoms with Crippen molar-refractivity contribution in [3.05, 3.63) is 59.4 Å². The van der Waals surface area contributed by atoms with Crippen molar-refractivity contribution in [1.82, 2.24) is 10.2 Å². The van der Waals surface area contributed by atoms with Crippen LogP contribution in [-0.4, -0.2) is 18.6 Å². The second-order valence-electron chi connectivity index (χ2n) is 5.04. The van der Waals surface area contributed by atoms with Crippen LogP contribution < -0.4 is 5.32 Å². The van der Waals surface area contributed by atoms with Crippen LogP contribution in [0.3, 0.4) is 0 Å².